The maximum absolute atomic E-state index is 12.9. The van der Waals surface area contributed by atoms with E-state index in [1.165, 1.54) is 30.5 Å². The van der Waals surface area contributed by atoms with Crippen LogP contribution in [0.1, 0.15) is 28.9 Å². The second-order valence-corrected chi connectivity index (χ2v) is 5.47. The molecule has 5 nitrogen and oxygen atoms in total. The smallest absolute Gasteiger partial charge is 0.183 e. The van der Waals surface area contributed by atoms with E-state index in [1.54, 1.807) is 6.20 Å². The van der Waals surface area contributed by atoms with Crippen molar-refractivity contribution in [2.75, 3.05) is 18.0 Å². The Hall–Kier alpha value is -2.81. The molecule has 0 aliphatic carbocycles. The Bertz CT molecular complexity index is 746. The standard InChI is InChI=1S/C17H15FN4O/c18-14-3-1-12(2-4-14)16(23)13-5-9-22(10-6-13)17-15(11-19)20-7-8-21-17/h1-4,7-8,13H,5-6,9-10H2. The number of piperidine rings is 1. The van der Waals surface area contributed by atoms with E-state index in [0.717, 1.165) is 0 Å². The van der Waals surface area contributed by atoms with Crippen LogP contribution < -0.4 is 4.90 Å². The molecule has 6 heteroatoms. The van der Waals surface area contributed by atoms with E-state index in [9.17, 15) is 9.18 Å². The van der Waals surface area contributed by atoms with E-state index in [-0.39, 0.29) is 17.5 Å². The van der Waals surface area contributed by atoms with E-state index in [0.29, 0.717) is 43.0 Å². The van der Waals surface area contributed by atoms with Gasteiger partial charge >= 0.3 is 0 Å². The molecule has 1 saturated heterocycles. The minimum Gasteiger partial charge on any atom is -0.354 e. The molecule has 1 aliphatic heterocycles. The first-order chi connectivity index (χ1) is 11.2. The van der Waals surface area contributed by atoms with Crippen LogP contribution in [0.4, 0.5) is 10.2 Å². The number of halogens is 1. The van der Waals surface area contributed by atoms with Gasteiger partial charge in [0.1, 0.15) is 11.9 Å². The molecule has 1 fully saturated rings. The summed E-state index contributed by atoms with van der Waals surface area (Å²) >= 11 is 0. The SMILES string of the molecule is N#Cc1nccnc1N1CCC(C(=O)c2ccc(F)cc2)CC1. The lowest BCUT2D eigenvalue weighted by Gasteiger charge is -2.32. The lowest BCUT2D eigenvalue weighted by atomic mass is 9.89. The number of nitriles is 1. The second kappa shape index (κ2) is 6.53. The van der Waals surface area contributed by atoms with E-state index in [1.807, 2.05) is 11.0 Å². The summed E-state index contributed by atoms with van der Waals surface area (Å²) in [5.41, 5.74) is 0.845. The van der Waals surface area contributed by atoms with Crippen LogP contribution in [-0.2, 0) is 0 Å². The molecule has 0 N–H and O–H groups in total. The topological polar surface area (TPSA) is 69.9 Å². The number of hydrogen-bond donors (Lipinski definition) is 0. The van der Waals surface area contributed by atoms with Crippen LogP contribution in [0.3, 0.4) is 0 Å². The van der Waals surface area contributed by atoms with Gasteiger partial charge in [0.25, 0.3) is 0 Å². The third-order valence-corrected chi connectivity index (χ3v) is 4.08. The fraction of sp³-hybridized carbons (Fsp3) is 0.294. The highest BCUT2D eigenvalue weighted by atomic mass is 19.1. The summed E-state index contributed by atoms with van der Waals surface area (Å²) in [6.07, 6.45) is 4.41. The molecule has 2 heterocycles. The first-order valence-corrected chi connectivity index (χ1v) is 7.45. The third kappa shape index (κ3) is 3.19. The maximum atomic E-state index is 12.9. The monoisotopic (exact) mass is 310 g/mol. The molecule has 0 saturated carbocycles. The van der Waals surface area contributed by atoms with E-state index >= 15 is 0 Å². The Balaban J connectivity index is 1.68. The predicted molar refractivity (Wildman–Crippen MR) is 82.4 cm³/mol. The lowest BCUT2D eigenvalue weighted by Crippen LogP contribution is -2.37. The second-order valence-electron chi connectivity index (χ2n) is 5.47. The number of hydrogen-bond acceptors (Lipinski definition) is 5. The van der Waals surface area contributed by atoms with Crippen molar-refractivity contribution in [1.29, 1.82) is 5.26 Å². The van der Waals surface area contributed by atoms with E-state index in [2.05, 4.69) is 9.97 Å². The minimum atomic E-state index is -0.344. The van der Waals surface area contributed by atoms with Crippen molar-refractivity contribution in [3.05, 3.63) is 53.7 Å². The van der Waals surface area contributed by atoms with Gasteiger partial charge in [-0.3, -0.25) is 4.79 Å². The van der Waals surface area contributed by atoms with Gasteiger partial charge < -0.3 is 4.90 Å². The fourth-order valence-corrected chi connectivity index (χ4v) is 2.84. The number of nitrogens with zero attached hydrogens (tertiary/aromatic N) is 4. The highest BCUT2D eigenvalue weighted by Gasteiger charge is 2.27. The number of Topliss-reactive ketones (excluding diaryl/α,β-unsaturated/α-hetero) is 1. The number of rotatable bonds is 3. The Labute approximate surface area is 133 Å². The van der Waals surface area contributed by atoms with Gasteiger partial charge in [0.2, 0.25) is 0 Å². The van der Waals surface area contributed by atoms with E-state index in [4.69, 9.17) is 5.26 Å². The van der Waals surface area contributed by atoms with Crippen LogP contribution >= 0.6 is 0 Å². The van der Waals surface area contributed by atoms with Gasteiger partial charge in [0, 0.05) is 37.0 Å². The molecule has 2 aromatic rings. The minimum absolute atomic E-state index is 0.0457. The summed E-state index contributed by atoms with van der Waals surface area (Å²) in [4.78, 5) is 22.7. The molecule has 1 aromatic heterocycles. The van der Waals surface area contributed by atoms with Crippen molar-refractivity contribution in [3.8, 4) is 6.07 Å². The lowest BCUT2D eigenvalue weighted by molar-refractivity contribution is 0.0900. The van der Waals surface area contributed by atoms with Crippen LogP contribution in [0.5, 0.6) is 0 Å². The average Bonchev–Trinajstić information content (AvgIpc) is 2.62. The molecule has 0 spiro atoms. The quantitative estimate of drug-likeness (QED) is 0.815. The van der Waals surface area contributed by atoms with E-state index < -0.39 is 0 Å². The largest absolute Gasteiger partial charge is 0.354 e. The van der Waals surface area contributed by atoms with Gasteiger partial charge in [-0.15, -0.1) is 0 Å². The number of aromatic nitrogens is 2. The molecule has 1 aromatic carbocycles. The molecular formula is C17H15FN4O. The van der Waals surface area contributed by atoms with Crippen LogP contribution in [0.25, 0.3) is 0 Å². The molecular weight excluding hydrogens is 295 g/mol. The van der Waals surface area contributed by atoms with Gasteiger partial charge in [-0.25, -0.2) is 14.4 Å². The summed E-state index contributed by atoms with van der Waals surface area (Å²) in [6, 6.07) is 7.71. The Morgan fingerprint density at radius 3 is 2.48 bits per heavy atom. The predicted octanol–water partition coefficient (Wildman–Crippen LogP) is 2.59. The Kier molecular flexibility index (Phi) is 4.29. The average molecular weight is 310 g/mol. The summed E-state index contributed by atoms with van der Waals surface area (Å²) in [5.74, 6) is 0.189. The van der Waals surface area contributed by atoms with Crippen LogP contribution in [0, 0.1) is 23.1 Å². The Morgan fingerprint density at radius 1 is 1.17 bits per heavy atom. The van der Waals surface area contributed by atoms with Gasteiger partial charge in [-0.05, 0) is 37.1 Å². The maximum Gasteiger partial charge on any atom is 0.183 e. The van der Waals surface area contributed by atoms with Crippen molar-refractivity contribution in [2.24, 2.45) is 5.92 Å². The molecule has 0 amide bonds. The van der Waals surface area contributed by atoms with Gasteiger partial charge in [0.05, 0.1) is 0 Å². The van der Waals surface area contributed by atoms with Gasteiger partial charge in [-0.1, -0.05) is 0 Å². The van der Waals surface area contributed by atoms with Crippen LogP contribution in [0.15, 0.2) is 36.7 Å². The van der Waals surface area contributed by atoms with Crippen LogP contribution in [-0.4, -0.2) is 28.8 Å². The molecule has 0 atom stereocenters. The molecule has 0 bridgehead atoms. The van der Waals surface area contributed by atoms with Crippen molar-refractivity contribution >= 4 is 11.6 Å². The highest BCUT2D eigenvalue weighted by Crippen LogP contribution is 2.25. The zero-order valence-corrected chi connectivity index (χ0v) is 12.4. The highest BCUT2D eigenvalue weighted by molar-refractivity contribution is 5.97. The number of carbonyl (C=O) groups excluding carboxylic acids is 1. The Morgan fingerprint density at radius 2 is 1.83 bits per heavy atom. The number of benzene rings is 1. The molecule has 1 aliphatic rings. The van der Waals surface area contributed by atoms with Gasteiger partial charge in [0.15, 0.2) is 17.3 Å². The summed E-state index contributed by atoms with van der Waals surface area (Å²) in [7, 11) is 0. The molecule has 0 radical (unpaired) electrons. The molecule has 3 rings (SSSR count). The normalized spacial score (nSPS) is 15.2. The van der Waals surface area contributed by atoms with Crippen molar-refractivity contribution in [1.82, 2.24) is 9.97 Å². The number of anilines is 1. The summed E-state index contributed by atoms with van der Waals surface area (Å²) in [5, 5.41) is 9.10. The van der Waals surface area contributed by atoms with Crippen molar-refractivity contribution in [2.45, 2.75) is 12.8 Å². The van der Waals surface area contributed by atoms with Crippen LogP contribution in [0.2, 0.25) is 0 Å². The molecule has 116 valence electrons. The molecule has 0 unspecified atom stereocenters. The zero-order valence-electron chi connectivity index (χ0n) is 12.4. The fourth-order valence-electron chi connectivity index (χ4n) is 2.84. The summed E-state index contributed by atoms with van der Waals surface area (Å²) < 4.78 is 12.9. The van der Waals surface area contributed by atoms with Crippen molar-refractivity contribution in [3.63, 3.8) is 0 Å². The van der Waals surface area contributed by atoms with Gasteiger partial charge in [-0.2, -0.15) is 5.26 Å². The third-order valence-electron chi connectivity index (χ3n) is 4.08. The number of carbonyl (C=O) groups is 1. The number of ketones is 1. The van der Waals surface area contributed by atoms with Crippen molar-refractivity contribution < 1.29 is 9.18 Å². The first-order valence-electron chi connectivity index (χ1n) is 7.45. The molecule has 23 heavy (non-hydrogen) atoms. The zero-order chi connectivity index (χ0) is 16.2. The summed E-state index contributed by atoms with van der Waals surface area (Å²) in [6.45, 7) is 1.29. The first kappa shape index (κ1) is 15.1.